The molecule has 0 radical (unpaired) electrons. The lowest BCUT2D eigenvalue weighted by Crippen LogP contribution is -2.05. The summed E-state index contributed by atoms with van der Waals surface area (Å²) >= 11 is 0. The second-order valence-electron chi connectivity index (χ2n) is 16.3. The van der Waals surface area contributed by atoms with Crippen molar-refractivity contribution in [2.75, 3.05) is 6.61 Å². The molecule has 0 fully saturated rings. The highest BCUT2D eigenvalue weighted by atomic mass is 16.5. The van der Waals surface area contributed by atoms with E-state index in [-0.39, 0.29) is 5.97 Å². The Hall–Kier alpha value is -1.06. The molecule has 0 aliphatic carbocycles. The molecule has 0 saturated heterocycles. The van der Waals surface area contributed by atoms with Gasteiger partial charge in [0.25, 0.3) is 0 Å². The molecule has 51 heavy (non-hydrogen) atoms. The zero-order chi connectivity index (χ0) is 37.0. The van der Waals surface area contributed by atoms with Gasteiger partial charge in [0.05, 0.1) is 6.61 Å². The number of rotatable bonds is 45. The van der Waals surface area contributed by atoms with Crippen molar-refractivity contribution in [2.24, 2.45) is 0 Å². The van der Waals surface area contributed by atoms with Gasteiger partial charge in [-0.1, -0.05) is 251 Å². The minimum atomic E-state index is -0.652. The van der Waals surface area contributed by atoms with Crippen LogP contribution in [0.3, 0.4) is 0 Å². The summed E-state index contributed by atoms with van der Waals surface area (Å²) in [6, 6.07) is 0. The van der Waals surface area contributed by atoms with Crippen molar-refractivity contribution in [3.8, 4) is 0 Å². The predicted octanol–water partition coefficient (Wildman–Crippen LogP) is 16.4. The van der Waals surface area contributed by atoms with Gasteiger partial charge in [0, 0.05) is 12.8 Å². The number of hydrogen-bond donors (Lipinski definition) is 1. The fourth-order valence-electron chi connectivity index (χ4n) is 7.52. The summed E-state index contributed by atoms with van der Waals surface area (Å²) in [6.07, 6.45) is 56.1. The molecule has 0 aromatic rings. The first-order valence-electron chi connectivity index (χ1n) is 23.5. The number of ether oxygens (including phenoxy) is 1. The van der Waals surface area contributed by atoms with E-state index in [0.29, 0.717) is 19.4 Å². The molecule has 4 nitrogen and oxygen atoms in total. The van der Waals surface area contributed by atoms with E-state index >= 15 is 0 Å². The molecule has 0 aromatic heterocycles. The summed E-state index contributed by atoms with van der Waals surface area (Å²) in [7, 11) is 0. The van der Waals surface area contributed by atoms with E-state index in [9.17, 15) is 9.59 Å². The van der Waals surface area contributed by atoms with Crippen molar-refractivity contribution in [2.45, 2.75) is 283 Å². The molecule has 0 amide bonds. The van der Waals surface area contributed by atoms with Gasteiger partial charge in [-0.05, 0) is 19.3 Å². The Morgan fingerprint density at radius 1 is 0.314 bits per heavy atom. The van der Waals surface area contributed by atoms with Crippen LogP contribution in [0.1, 0.15) is 283 Å². The number of carbonyl (C=O) groups is 2. The summed E-state index contributed by atoms with van der Waals surface area (Å²) in [5.41, 5.74) is 0. The first-order chi connectivity index (χ1) is 25.2. The fraction of sp³-hybridized carbons (Fsp3) is 0.957. The maximum atomic E-state index is 11.9. The van der Waals surface area contributed by atoms with E-state index in [4.69, 9.17) is 9.84 Å². The molecule has 304 valence electrons. The Kier molecular flexibility index (Phi) is 44.2. The van der Waals surface area contributed by atoms with Crippen LogP contribution < -0.4 is 0 Å². The number of unbranched alkanes of at least 4 members (excludes halogenated alkanes) is 39. The van der Waals surface area contributed by atoms with E-state index < -0.39 is 5.97 Å². The molecule has 4 heteroatoms. The first kappa shape index (κ1) is 49.9. The highest BCUT2D eigenvalue weighted by Gasteiger charge is 2.03. The van der Waals surface area contributed by atoms with Crippen molar-refractivity contribution in [1.29, 1.82) is 0 Å². The molecular formula is C47H92O4. The molecule has 0 aromatic carbocycles. The Morgan fingerprint density at radius 3 is 0.784 bits per heavy atom. The van der Waals surface area contributed by atoms with E-state index in [1.807, 2.05) is 0 Å². The van der Waals surface area contributed by atoms with Gasteiger partial charge in [-0.15, -0.1) is 0 Å². The minimum Gasteiger partial charge on any atom is -0.481 e. The molecular weight excluding hydrogens is 629 g/mol. The topological polar surface area (TPSA) is 63.6 Å². The van der Waals surface area contributed by atoms with Gasteiger partial charge in [0.1, 0.15) is 0 Å². The second-order valence-corrected chi connectivity index (χ2v) is 16.3. The van der Waals surface area contributed by atoms with Gasteiger partial charge in [0.15, 0.2) is 0 Å². The van der Waals surface area contributed by atoms with Gasteiger partial charge in [-0.25, -0.2) is 0 Å². The maximum Gasteiger partial charge on any atom is 0.305 e. The third-order valence-corrected chi connectivity index (χ3v) is 11.0. The molecule has 0 spiro atoms. The van der Waals surface area contributed by atoms with Crippen molar-refractivity contribution in [1.82, 2.24) is 0 Å². The van der Waals surface area contributed by atoms with Crippen molar-refractivity contribution < 1.29 is 19.4 Å². The highest BCUT2D eigenvalue weighted by molar-refractivity contribution is 5.69. The Morgan fingerprint density at radius 2 is 0.529 bits per heavy atom. The highest BCUT2D eigenvalue weighted by Crippen LogP contribution is 2.17. The second kappa shape index (κ2) is 45.1. The summed E-state index contributed by atoms with van der Waals surface area (Å²) in [5.74, 6) is -0.631. The van der Waals surface area contributed by atoms with Gasteiger partial charge in [-0.2, -0.15) is 0 Å². The average molecular weight is 721 g/mol. The molecule has 0 rings (SSSR count). The number of esters is 1. The standard InChI is InChI=1S/C47H92O4/c1-2-3-4-5-6-31-35-38-41-44-47(50)51-45-42-39-36-33-30-28-26-24-22-20-18-16-14-12-10-8-7-9-11-13-15-17-19-21-23-25-27-29-32-34-37-40-43-46(48)49/h2-45H2,1H3,(H,48,49). The van der Waals surface area contributed by atoms with Crippen LogP contribution in [0, 0.1) is 0 Å². The molecule has 0 unspecified atom stereocenters. The largest absolute Gasteiger partial charge is 0.481 e. The lowest BCUT2D eigenvalue weighted by molar-refractivity contribution is -0.144. The minimum absolute atomic E-state index is 0.0203. The monoisotopic (exact) mass is 721 g/mol. The van der Waals surface area contributed by atoms with E-state index in [0.717, 1.165) is 25.7 Å². The van der Waals surface area contributed by atoms with Crippen LogP contribution in [0.25, 0.3) is 0 Å². The summed E-state index contributed by atoms with van der Waals surface area (Å²) in [5, 5.41) is 8.66. The molecule has 0 bridgehead atoms. The smallest absolute Gasteiger partial charge is 0.305 e. The zero-order valence-corrected chi connectivity index (χ0v) is 34.8. The van der Waals surface area contributed by atoms with Gasteiger partial charge >= 0.3 is 11.9 Å². The Balaban J connectivity index is 3.11. The third-order valence-electron chi connectivity index (χ3n) is 11.0. The van der Waals surface area contributed by atoms with Gasteiger partial charge < -0.3 is 9.84 Å². The van der Waals surface area contributed by atoms with Crippen molar-refractivity contribution in [3.05, 3.63) is 0 Å². The zero-order valence-electron chi connectivity index (χ0n) is 34.8. The molecule has 1 N–H and O–H groups in total. The number of hydrogen-bond acceptors (Lipinski definition) is 3. The number of carboxylic acids is 1. The van der Waals surface area contributed by atoms with Crippen LogP contribution >= 0.6 is 0 Å². The van der Waals surface area contributed by atoms with E-state index in [1.165, 1.54) is 238 Å². The van der Waals surface area contributed by atoms with Crippen molar-refractivity contribution in [3.63, 3.8) is 0 Å². The normalized spacial score (nSPS) is 11.4. The summed E-state index contributed by atoms with van der Waals surface area (Å²) in [6.45, 7) is 2.89. The van der Waals surface area contributed by atoms with Crippen molar-refractivity contribution >= 4 is 11.9 Å². The van der Waals surface area contributed by atoms with Crippen LogP contribution in [-0.4, -0.2) is 23.7 Å². The lowest BCUT2D eigenvalue weighted by atomic mass is 10.0. The first-order valence-corrected chi connectivity index (χ1v) is 23.5. The van der Waals surface area contributed by atoms with Crippen LogP contribution in [0.2, 0.25) is 0 Å². The van der Waals surface area contributed by atoms with Crippen LogP contribution in [0.4, 0.5) is 0 Å². The summed E-state index contributed by atoms with van der Waals surface area (Å²) in [4.78, 5) is 22.4. The molecule has 0 aliphatic rings. The SMILES string of the molecule is CCCCCCCCCCCC(=O)OCCCCCCCCCCCCCCCCCCCCCCCCCCCCCCCCCCC(=O)O. The lowest BCUT2D eigenvalue weighted by Gasteiger charge is -2.06. The van der Waals surface area contributed by atoms with Gasteiger partial charge in [-0.3, -0.25) is 9.59 Å². The molecule has 0 atom stereocenters. The molecule has 0 saturated carbocycles. The third kappa shape index (κ3) is 46.9. The van der Waals surface area contributed by atoms with Gasteiger partial charge in [0.2, 0.25) is 0 Å². The van der Waals surface area contributed by atoms with Crippen LogP contribution in [0.15, 0.2) is 0 Å². The Bertz CT molecular complexity index is 677. The maximum absolute atomic E-state index is 11.9. The van der Waals surface area contributed by atoms with E-state index in [2.05, 4.69) is 6.92 Å². The Labute approximate surface area is 320 Å². The number of carboxylic acid groups (broad SMARTS) is 1. The molecule has 0 aliphatic heterocycles. The van der Waals surface area contributed by atoms with E-state index in [1.54, 1.807) is 0 Å². The number of aliphatic carboxylic acids is 1. The van der Waals surface area contributed by atoms with Crippen LogP contribution in [-0.2, 0) is 14.3 Å². The quantitative estimate of drug-likeness (QED) is 0.0502. The predicted molar refractivity (Wildman–Crippen MR) is 223 cm³/mol. The fourth-order valence-corrected chi connectivity index (χ4v) is 7.52. The average Bonchev–Trinajstić information content (AvgIpc) is 3.12. The number of carbonyl (C=O) groups excluding carboxylic acids is 1. The van der Waals surface area contributed by atoms with Crippen LogP contribution in [0.5, 0.6) is 0 Å². The summed E-state index contributed by atoms with van der Waals surface area (Å²) < 4.78 is 5.44. The molecule has 0 heterocycles.